The lowest BCUT2D eigenvalue weighted by Crippen LogP contribution is -2.14. The fraction of sp³-hybridized carbons (Fsp3) is 0.0638. The van der Waals surface area contributed by atoms with Crippen molar-refractivity contribution in [2.24, 2.45) is 0 Å². The minimum Gasteiger partial charge on any atom is -0.256 e. The molecule has 2 aromatic heterocycles. The second kappa shape index (κ2) is 11.3. The Bertz CT molecular complexity index is 2810. The molecule has 2 heterocycles. The van der Waals surface area contributed by atoms with Crippen molar-refractivity contribution in [3.8, 4) is 56.5 Å². The number of nitrogens with zero attached hydrogens (tertiary/aromatic N) is 4. The Balaban J connectivity index is 1.17. The van der Waals surface area contributed by atoms with Crippen molar-refractivity contribution in [2.45, 2.75) is 19.3 Å². The van der Waals surface area contributed by atoms with Crippen molar-refractivity contribution in [2.75, 3.05) is 0 Å². The van der Waals surface area contributed by atoms with Gasteiger partial charge in [-0.05, 0) is 84.9 Å². The smallest absolute Gasteiger partial charge is 0.164 e. The molecule has 4 heteroatoms. The van der Waals surface area contributed by atoms with Gasteiger partial charge in [0.1, 0.15) is 0 Å². The average molecular weight is 653 g/mol. The van der Waals surface area contributed by atoms with E-state index in [0.29, 0.717) is 17.5 Å². The van der Waals surface area contributed by atoms with Crippen molar-refractivity contribution < 1.29 is 0 Å². The van der Waals surface area contributed by atoms with Gasteiger partial charge in [0.15, 0.2) is 17.5 Å². The van der Waals surface area contributed by atoms with E-state index >= 15 is 0 Å². The summed E-state index contributed by atoms with van der Waals surface area (Å²) < 4.78 is 0. The highest BCUT2D eigenvalue weighted by atomic mass is 15.0. The monoisotopic (exact) mass is 652 g/mol. The fourth-order valence-corrected chi connectivity index (χ4v) is 7.96. The van der Waals surface area contributed by atoms with Gasteiger partial charge in [-0.1, -0.05) is 135 Å². The normalized spacial score (nSPS) is 13.1. The second-order valence-corrected chi connectivity index (χ2v) is 13.9. The maximum Gasteiger partial charge on any atom is 0.164 e. The van der Waals surface area contributed by atoms with Crippen molar-refractivity contribution in [3.63, 3.8) is 0 Å². The van der Waals surface area contributed by atoms with E-state index in [-0.39, 0.29) is 5.41 Å². The quantitative estimate of drug-likeness (QED) is 0.178. The van der Waals surface area contributed by atoms with Crippen molar-refractivity contribution in [1.82, 2.24) is 19.9 Å². The Morgan fingerprint density at radius 1 is 0.373 bits per heavy atom. The molecule has 4 nitrogen and oxygen atoms in total. The molecule has 240 valence electrons. The van der Waals surface area contributed by atoms with Gasteiger partial charge in [0.2, 0.25) is 0 Å². The lowest BCUT2D eigenvalue weighted by atomic mass is 9.81. The lowest BCUT2D eigenvalue weighted by molar-refractivity contribution is 0.661. The number of aromatic nitrogens is 4. The van der Waals surface area contributed by atoms with Gasteiger partial charge in [-0.2, -0.15) is 0 Å². The van der Waals surface area contributed by atoms with Crippen molar-refractivity contribution >= 4 is 32.3 Å². The first kappa shape index (κ1) is 29.4. The third-order valence-electron chi connectivity index (χ3n) is 10.6. The average Bonchev–Trinajstić information content (AvgIpc) is 3.43. The summed E-state index contributed by atoms with van der Waals surface area (Å²) in [7, 11) is 0. The summed E-state index contributed by atoms with van der Waals surface area (Å²) in [6.45, 7) is 4.70. The Kier molecular flexibility index (Phi) is 6.49. The number of pyridine rings is 1. The largest absolute Gasteiger partial charge is 0.256 e. The molecule has 0 unspecified atom stereocenters. The van der Waals surface area contributed by atoms with Gasteiger partial charge in [-0.15, -0.1) is 0 Å². The summed E-state index contributed by atoms with van der Waals surface area (Å²) in [6.07, 6.45) is 1.81. The van der Waals surface area contributed by atoms with Crippen LogP contribution in [0.1, 0.15) is 25.0 Å². The van der Waals surface area contributed by atoms with Crippen LogP contribution in [0, 0.1) is 0 Å². The Hall–Kier alpha value is -6.52. The first-order valence-electron chi connectivity index (χ1n) is 17.4. The molecule has 1 aliphatic carbocycles. The third-order valence-corrected chi connectivity index (χ3v) is 10.6. The molecule has 51 heavy (non-hydrogen) atoms. The van der Waals surface area contributed by atoms with E-state index in [9.17, 15) is 0 Å². The van der Waals surface area contributed by atoms with Gasteiger partial charge in [0.05, 0.1) is 5.69 Å². The predicted molar refractivity (Wildman–Crippen MR) is 209 cm³/mol. The van der Waals surface area contributed by atoms with E-state index in [1.807, 2.05) is 54.7 Å². The van der Waals surface area contributed by atoms with Crippen LogP contribution >= 0.6 is 0 Å². The summed E-state index contributed by atoms with van der Waals surface area (Å²) in [5.74, 6) is 1.92. The van der Waals surface area contributed by atoms with Crippen LogP contribution in [0.4, 0.5) is 0 Å². The lowest BCUT2D eigenvalue weighted by Gasteiger charge is -2.22. The van der Waals surface area contributed by atoms with Crippen LogP contribution in [0.2, 0.25) is 0 Å². The molecule has 0 radical (unpaired) electrons. The number of rotatable bonds is 4. The van der Waals surface area contributed by atoms with Crippen LogP contribution in [-0.2, 0) is 5.41 Å². The summed E-state index contributed by atoms with van der Waals surface area (Å²) >= 11 is 0. The Morgan fingerprint density at radius 2 is 0.922 bits per heavy atom. The zero-order valence-electron chi connectivity index (χ0n) is 28.3. The van der Waals surface area contributed by atoms with Gasteiger partial charge in [-0.3, -0.25) is 4.98 Å². The summed E-state index contributed by atoms with van der Waals surface area (Å²) in [4.78, 5) is 19.7. The summed E-state index contributed by atoms with van der Waals surface area (Å²) in [5.41, 5.74) is 10.2. The molecule has 0 saturated heterocycles. The molecule has 0 bridgehead atoms. The van der Waals surface area contributed by atoms with Gasteiger partial charge in [-0.25, -0.2) is 15.0 Å². The first-order valence-corrected chi connectivity index (χ1v) is 17.4. The number of hydrogen-bond donors (Lipinski definition) is 0. The Labute approximate surface area is 296 Å². The van der Waals surface area contributed by atoms with E-state index in [1.54, 1.807) is 0 Å². The topological polar surface area (TPSA) is 51.6 Å². The van der Waals surface area contributed by atoms with E-state index in [4.69, 9.17) is 15.0 Å². The molecule has 0 fully saturated rings. The molecule has 0 spiro atoms. The highest BCUT2D eigenvalue weighted by molar-refractivity contribution is 6.26. The van der Waals surface area contributed by atoms with Crippen LogP contribution < -0.4 is 0 Å². The molecule has 0 aliphatic heterocycles. The van der Waals surface area contributed by atoms with E-state index in [1.165, 1.54) is 54.6 Å². The minimum absolute atomic E-state index is 0.0638. The van der Waals surface area contributed by atoms with Crippen LogP contribution in [0.5, 0.6) is 0 Å². The molecule has 7 aromatic carbocycles. The van der Waals surface area contributed by atoms with E-state index < -0.39 is 0 Å². The number of hydrogen-bond acceptors (Lipinski definition) is 4. The van der Waals surface area contributed by atoms with Crippen LogP contribution in [-0.4, -0.2) is 19.9 Å². The van der Waals surface area contributed by atoms with E-state index in [2.05, 4.69) is 122 Å². The SMILES string of the molecule is CC1(C)c2ccccc2-c2cc3c4ccc(-c5nc(-c6ccccc6)nc(-c6ccc(-c7ccccn7)cc6)n5)cc4c4ccccc4c3cc21. The highest BCUT2D eigenvalue weighted by Crippen LogP contribution is 2.51. The molecule has 0 atom stereocenters. The molecule has 10 rings (SSSR count). The zero-order valence-corrected chi connectivity index (χ0v) is 28.3. The zero-order chi connectivity index (χ0) is 34.1. The molecule has 0 saturated carbocycles. The molecule has 9 aromatic rings. The van der Waals surface area contributed by atoms with Crippen LogP contribution in [0.25, 0.3) is 88.9 Å². The molecule has 1 aliphatic rings. The van der Waals surface area contributed by atoms with Gasteiger partial charge in [0, 0.05) is 33.9 Å². The summed E-state index contributed by atoms with van der Waals surface area (Å²) in [5, 5.41) is 7.42. The van der Waals surface area contributed by atoms with Gasteiger partial charge >= 0.3 is 0 Å². The van der Waals surface area contributed by atoms with E-state index in [0.717, 1.165) is 27.9 Å². The number of fused-ring (bicyclic) bond motifs is 9. The minimum atomic E-state index is -0.0638. The fourth-order valence-electron chi connectivity index (χ4n) is 7.96. The molecule has 0 amide bonds. The first-order chi connectivity index (χ1) is 25.0. The maximum atomic E-state index is 5.10. The molecular weight excluding hydrogens is 621 g/mol. The predicted octanol–water partition coefficient (Wildman–Crippen LogP) is 11.7. The summed E-state index contributed by atoms with van der Waals surface area (Å²) in [6, 6.07) is 53.6. The Morgan fingerprint density at radius 3 is 1.65 bits per heavy atom. The van der Waals surface area contributed by atoms with Crippen molar-refractivity contribution in [1.29, 1.82) is 0 Å². The maximum absolute atomic E-state index is 5.10. The molecule has 0 N–H and O–H groups in total. The second-order valence-electron chi connectivity index (χ2n) is 13.9. The third kappa shape index (κ3) is 4.68. The van der Waals surface area contributed by atoms with Gasteiger partial charge in [0.25, 0.3) is 0 Å². The van der Waals surface area contributed by atoms with Crippen LogP contribution in [0.15, 0.2) is 158 Å². The standard InChI is InChI=1S/C47H32N4/c1-47(2)41-17-9-8-16-36(41)40-27-38-35-24-23-32(26-37(35)33-14-6-7-15-34(33)39(38)28-42(40)47)46-50-44(30-12-4-3-5-13-30)49-45(51-46)31-21-19-29(20-22-31)43-18-10-11-25-48-43/h3-28H,1-2H3. The highest BCUT2D eigenvalue weighted by Gasteiger charge is 2.35. The molecular formula is C47H32N4. The van der Waals surface area contributed by atoms with Crippen LogP contribution in [0.3, 0.4) is 0 Å². The van der Waals surface area contributed by atoms with Crippen molar-refractivity contribution in [3.05, 3.63) is 169 Å². The number of benzene rings is 7. The van der Waals surface area contributed by atoms with Gasteiger partial charge < -0.3 is 0 Å².